The molecule has 1 aromatic heterocycles. The van der Waals surface area contributed by atoms with Gasteiger partial charge in [-0.15, -0.1) is 0 Å². The number of aliphatic hydroxyl groups is 1. The lowest BCUT2D eigenvalue weighted by Gasteiger charge is -2.06. The highest BCUT2D eigenvalue weighted by Crippen LogP contribution is 2.10. The SMILES string of the molecule is O=S(=O)(NCCc1ccc(Cl)cc1)c1ccc(CO)cn1. The van der Waals surface area contributed by atoms with Crippen molar-refractivity contribution in [3.63, 3.8) is 0 Å². The largest absolute Gasteiger partial charge is 0.392 e. The second-order valence-electron chi connectivity index (χ2n) is 4.44. The third kappa shape index (κ3) is 4.50. The van der Waals surface area contributed by atoms with Crippen LogP contribution in [-0.4, -0.2) is 25.1 Å². The van der Waals surface area contributed by atoms with E-state index in [-0.39, 0.29) is 18.2 Å². The van der Waals surface area contributed by atoms with E-state index in [9.17, 15) is 8.42 Å². The first-order chi connectivity index (χ1) is 10.0. The van der Waals surface area contributed by atoms with Gasteiger partial charge in [0.25, 0.3) is 10.0 Å². The molecular weight excluding hydrogens is 312 g/mol. The first-order valence-electron chi connectivity index (χ1n) is 6.31. The minimum absolute atomic E-state index is 0.0594. The van der Waals surface area contributed by atoms with Crippen LogP contribution in [0.15, 0.2) is 47.6 Å². The molecule has 2 N–H and O–H groups in total. The molecule has 5 nitrogen and oxygen atoms in total. The Morgan fingerprint density at radius 2 is 1.76 bits per heavy atom. The van der Waals surface area contributed by atoms with Gasteiger partial charge in [0, 0.05) is 17.8 Å². The number of nitrogens with one attached hydrogen (secondary N) is 1. The lowest BCUT2D eigenvalue weighted by molar-refractivity contribution is 0.281. The Morgan fingerprint density at radius 1 is 1.10 bits per heavy atom. The van der Waals surface area contributed by atoms with E-state index in [1.165, 1.54) is 18.3 Å². The van der Waals surface area contributed by atoms with Gasteiger partial charge in [-0.2, -0.15) is 0 Å². The van der Waals surface area contributed by atoms with Crippen LogP contribution in [0.3, 0.4) is 0 Å². The summed E-state index contributed by atoms with van der Waals surface area (Å²) in [5, 5.41) is 9.49. The summed E-state index contributed by atoms with van der Waals surface area (Å²) in [5.74, 6) is 0. The molecule has 1 heterocycles. The zero-order valence-corrected chi connectivity index (χ0v) is 12.7. The molecule has 0 fully saturated rings. The van der Waals surface area contributed by atoms with Crippen molar-refractivity contribution < 1.29 is 13.5 Å². The van der Waals surface area contributed by atoms with E-state index in [0.717, 1.165) is 5.56 Å². The number of hydrogen-bond donors (Lipinski definition) is 2. The van der Waals surface area contributed by atoms with E-state index >= 15 is 0 Å². The summed E-state index contributed by atoms with van der Waals surface area (Å²) in [5.41, 5.74) is 1.56. The maximum atomic E-state index is 12.0. The maximum absolute atomic E-state index is 12.0. The quantitative estimate of drug-likeness (QED) is 0.847. The highest BCUT2D eigenvalue weighted by atomic mass is 35.5. The highest BCUT2D eigenvalue weighted by Gasteiger charge is 2.14. The number of sulfonamides is 1. The number of benzene rings is 1. The Hall–Kier alpha value is -1.47. The standard InChI is InChI=1S/C14H15ClN2O3S/c15-13-4-1-11(2-5-13)7-8-17-21(19,20)14-6-3-12(10-18)9-16-14/h1-6,9,17-18H,7-8,10H2. The second kappa shape index (κ2) is 7.00. The van der Waals surface area contributed by atoms with Crippen LogP contribution in [0, 0.1) is 0 Å². The topological polar surface area (TPSA) is 79.3 Å². The fourth-order valence-electron chi connectivity index (χ4n) is 1.72. The molecule has 0 aliphatic rings. The van der Waals surface area contributed by atoms with Crippen LogP contribution >= 0.6 is 11.6 Å². The molecular formula is C14H15ClN2O3S. The lowest BCUT2D eigenvalue weighted by Crippen LogP contribution is -2.26. The zero-order chi connectivity index (χ0) is 15.3. The first kappa shape index (κ1) is 15.9. The van der Waals surface area contributed by atoms with Crippen LogP contribution in [0.2, 0.25) is 5.02 Å². The summed E-state index contributed by atoms with van der Waals surface area (Å²) < 4.78 is 26.5. The minimum Gasteiger partial charge on any atom is -0.392 e. The van der Waals surface area contributed by atoms with Gasteiger partial charge in [0.15, 0.2) is 5.03 Å². The molecule has 2 rings (SSSR count). The normalized spacial score (nSPS) is 11.5. The molecule has 112 valence electrons. The van der Waals surface area contributed by atoms with Crippen LogP contribution in [0.25, 0.3) is 0 Å². The summed E-state index contributed by atoms with van der Waals surface area (Å²) in [6.45, 7) is 0.102. The molecule has 21 heavy (non-hydrogen) atoms. The third-order valence-electron chi connectivity index (χ3n) is 2.87. The molecule has 0 saturated carbocycles. The molecule has 0 aliphatic carbocycles. The number of aliphatic hydroxyl groups excluding tert-OH is 1. The van der Waals surface area contributed by atoms with Crippen molar-refractivity contribution in [1.29, 1.82) is 0 Å². The Balaban J connectivity index is 1.95. The number of hydrogen-bond acceptors (Lipinski definition) is 4. The molecule has 0 spiro atoms. The molecule has 2 aromatic rings. The molecule has 0 amide bonds. The number of pyridine rings is 1. The van der Waals surface area contributed by atoms with Gasteiger partial charge in [-0.3, -0.25) is 0 Å². The highest BCUT2D eigenvalue weighted by molar-refractivity contribution is 7.89. The monoisotopic (exact) mass is 326 g/mol. The zero-order valence-electron chi connectivity index (χ0n) is 11.2. The summed E-state index contributed by atoms with van der Waals surface area (Å²) in [4.78, 5) is 3.83. The van der Waals surface area contributed by atoms with Gasteiger partial charge >= 0.3 is 0 Å². The van der Waals surface area contributed by atoms with Crippen LogP contribution in [0.1, 0.15) is 11.1 Å². The van der Waals surface area contributed by atoms with Crippen molar-refractivity contribution in [3.8, 4) is 0 Å². The second-order valence-corrected chi connectivity index (χ2v) is 6.59. The summed E-state index contributed by atoms with van der Waals surface area (Å²) in [6, 6.07) is 10.1. The number of nitrogens with zero attached hydrogens (tertiary/aromatic N) is 1. The summed E-state index contributed by atoms with van der Waals surface area (Å²) in [6.07, 6.45) is 1.90. The predicted molar refractivity (Wildman–Crippen MR) is 80.5 cm³/mol. The van der Waals surface area contributed by atoms with Crippen molar-refractivity contribution >= 4 is 21.6 Å². The fourth-order valence-corrected chi connectivity index (χ4v) is 2.80. The molecule has 0 aliphatic heterocycles. The Bertz CT molecular complexity index is 685. The van der Waals surface area contributed by atoms with Crippen molar-refractivity contribution in [2.24, 2.45) is 0 Å². The van der Waals surface area contributed by atoms with Gasteiger partial charge in [-0.05, 0) is 35.7 Å². The van der Waals surface area contributed by atoms with Gasteiger partial charge in [0.05, 0.1) is 6.61 Å². The molecule has 0 atom stereocenters. The summed E-state index contributed by atoms with van der Waals surface area (Å²) >= 11 is 5.79. The fraction of sp³-hybridized carbons (Fsp3) is 0.214. The molecule has 7 heteroatoms. The molecule has 0 radical (unpaired) electrons. The number of aromatic nitrogens is 1. The van der Waals surface area contributed by atoms with E-state index in [1.807, 2.05) is 12.1 Å². The smallest absolute Gasteiger partial charge is 0.258 e. The van der Waals surface area contributed by atoms with Crippen molar-refractivity contribution in [2.45, 2.75) is 18.1 Å². The first-order valence-corrected chi connectivity index (χ1v) is 8.17. The predicted octanol–water partition coefficient (Wildman–Crippen LogP) is 1.75. The summed E-state index contributed by atoms with van der Waals surface area (Å²) in [7, 11) is -3.63. The van der Waals surface area contributed by atoms with E-state index in [2.05, 4.69) is 9.71 Å². The Labute approximate surface area is 128 Å². The maximum Gasteiger partial charge on any atom is 0.258 e. The van der Waals surface area contributed by atoms with Crippen molar-refractivity contribution in [2.75, 3.05) is 6.54 Å². The molecule has 1 aromatic carbocycles. The van der Waals surface area contributed by atoms with Gasteiger partial charge in [-0.1, -0.05) is 29.8 Å². The lowest BCUT2D eigenvalue weighted by atomic mass is 10.2. The Kier molecular flexibility index (Phi) is 5.30. The van der Waals surface area contributed by atoms with Crippen LogP contribution < -0.4 is 4.72 Å². The number of rotatable bonds is 6. The van der Waals surface area contributed by atoms with E-state index in [0.29, 0.717) is 17.0 Å². The number of halogens is 1. The molecule has 0 bridgehead atoms. The molecule has 0 unspecified atom stereocenters. The van der Waals surface area contributed by atoms with Crippen molar-refractivity contribution in [1.82, 2.24) is 9.71 Å². The van der Waals surface area contributed by atoms with Crippen LogP contribution in [-0.2, 0) is 23.1 Å². The van der Waals surface area contributed by atoms with Gasteiger partial charge in [0.2, 0.25) is 0 Å². The van der Waals surface area contributed by atoms with Crippen molar-refractivity contribution in [3.05, 3.63) is 58.7 Å². The van der Waals surface area contributed by atoms with Gasteiger partial charge in [-0.25, -0.2) is 18.1 Å². The van der Waals surface area contributed by atoms with Gasteiger partial charge < -0.3 is 5.11 Å². The molecule has 0 saturated heterocycles. The van der Waals surface area contributed by atoms with E-state index in [1.54, 1.807) is 12.1 Å². The van der Waals surface area contributed by atoms with Crippen LogP contribution in [0.4, 0.5) is 0 Å². The average Bonchev–Trinajstić information content (AvgIpc) is 2.49. The Morgan fingerprint density at radius 3 is 2.33 bits per heavy atom. The van der Waals surface area contributed by atoms with Gasteiger partial charge in [0.1, 0.15) is 0 Å². The van der Waals surface area contributed by atoms with Crippen LogP contribution in [0.5, 0.6) is 0 Å². The average molecular weight is 327 g/mol. The van der Waals surface area contributed by atoms with E-state index in [4.69, 9.17) is 16.7 Å². The third-order valence-corrected chi connectivity index (χ3v) is 4.50. The minimum atomic E-state index is -3.63. The van der Waals surface area contributed by atoms with E-state index < -0.39 is 10.0 Å².